The second kappa shape index (κ2) is 9.87. The minimum absolute atomic E-state index is 0.123. The molecular formula is C27H38N4OS. The van der Waals surface area contributed by atoms with Gasteiger partial charge in [-0.05, 0) is 101 Å². The Hall–Kier alpha value is -1.73. The average Bonchev–Trinajstić information content (AvgIpc) is 3.45. The molecule has 1 atom stereocenters. The number of nitrogens with two attached hydrogens (primary N) is 1. The normalized spacial score (nSPS) is 24.0. The smallest absolute Gasteiger partial charge is 0.264 e. The molecule has 4 heterocycles. The summed E-state index contributed by atoms with van der Waals surface area (Å²) in [7, 11) is 2.24. The van der Waals surface area contributed by atoms with Crippen molar-refractivity contribution in [2.45, 2.75) is 57.0 Å². The SMILES string of the molecule is Cc1cc(-c2ccc(C3CCN(C4CCN(C)CC4)CC3)cc2)sc1C(=O)N1CC[C@H](N)C1. The van der Waals surface area contributed by atoms with Crippen molar-refractivity contribution >= 4 is 17.2 Å². The maximum absolute atomic E-state index is 12.9. The third-order valence-electron chi connectivity index (χ3n) is 8.02. The van der Waals surface area contributed by atoms with Crippen LogP contribution >= 0.6 is 11.3 Å². The molecule has 3 aliphatic rings. The van der Waals surface area contributed by atoms with Gasteiger partial charge in [0, 0.05) is 30.1 Å². The Morgan fingerprint density at radius 3 is 2.30 bits per heavy atom. The van der Waals surface area contributed by atoms with E-state index in [0.29, 0.717) is 12.5 Å². The average molecular weight is 467 g/mol. The van der Waals surface area contributed by atoms with E-state index >= 15 is 0 Å². The monoisotopic (exact) mass is 466 g/mol. The highest BCUT2D eigenvalue weighted by Crippen LogP contribution is 2.35. The van der Waals surface area contributed by atoms with Gasteiger partial charge in [-0.25, -0.2) is 0 Å². The molecule has 3 aliphatic heterocycles. The predicted octanol–water partition coefficient (Wildman–Crippen LogP) is 4.17. The van der Waals surface area contributed by atoms with Gasteiger partial charge in [0.05, 0.1) is 4.88 Å². The van der Waals surface area contributed by atoms with Gasteiger partial charge < -0.3 is 20.4 Å². The molecule has 33 heavy (non-hydrogen) atoms. The van der Waals surface area contributed by atoms with E-state index in [1.807, 2.05) is 4.90 Å². The van der Waals surface area contributed by atoms with Crippen LogP contribution in [0.1, 0.15) is 58.8 Å². The molecule has 0 spiro atoms. The van der Waals surface area contributed by atoms with E-state index in [-0.39, 0.29) is 11.9 Å². The maximum atomic E-state index is 12.9. The molecule has 5 rings (SSSR count). The molecule has 3 saturated heterocycles. The topological polar surface area (TPSA) is 52.8 Å². The van der Waals surface area contributed by atoms with Crippen molar-refractivity contribution in [2.75, 3.05) is 46.3 Å². The van der Waals surface area contributed by atoms with E-state index in [1.54, 1.807) is 11.3 Å². The highest BCUT2D eigenvalue weighted by Gasteiger charge is 2.29. The van der Waals surface area contributed by atoms with Crippen LogP contribution in [-0.2, 0) is 0 Å². The summed E-state index contributed by atoms with van der Waals surface area (Å²) >= 11 is 1.62. The summed E-state index contributed by atoms with van der Waals surface area (Å²) < 4.78 is 0. The number of aryl methyl sites for hydroxylation is 1. The minimum atomic E-state index is 0.123. The van der Waals surface area contributed by atoms with Crippen molar-refractivity contribution in [1.29, 1.82) is 0 Å². The minimum Gasteiger partial charge on any atom is -0.336 e. The fraction of sp³-hybridized carbons (Fsp3) is 0.593. The number of carbonyl (C=O) groups excluding carboxylic acids is 1. The van der Waals surface area contributed by atoms with E-state index in [9.17, 15) is 4.79 Å². The number of likely N-dealkylation sites (tertiary alicyclic amines) is 3. The number of hydrogen-bond acceptors (Lipinski definition) is 5. The molecule has 6 heteroatoms. The van der Waals surface area contributed by atoms with Gasteiger partial charge in [0.25, 0.3) is 5.91 Å². The summed E-state index contributed by atoms with van der Waals surface area (Å²) in [6.07, 6.45) is 6.08. The molecule has 2 N–H and O–H groups in total. The van der Waals surface area contributed by atoms with Crippen molar-refractivity contribution in [3.63, 3.8) is 0 Å². The van der Waals surface area contributed by atoms with Gasteiger partial charge >= 0.3 is 0 Å². The van der Waals surface area contributed by atoms with E-state index in [4.69, 9.17) is 5.73 Å². The van der Waals surface area contributed by atoms with Gasteiger partial charge in [-0.1, -0.05) is 24.3 Å². The number of amides is 1. The Labute approximate surface area is 202 Å². The van der Waals surface area contributed by atoms with Crippen LogP contribution in [0.4, 0.5) is 0 Å². The molecule has 0 saturated carbocycles. The van der Waals surface area contributed by atoms with Crippen molar-refractivity contribution in [1.82, 2.24) is 14.7 Å². The third-order valence-corrected chi connectivity index (χ3v) is 9.30. The molecule has 0 radical (unpaired) electrons. The zero-order valence-electron chi connectivity index (χ0n) is 20.1. The van der Waals surface area contributed by atoms with Crippen molar-refractivity contribution in [3.05, 3.63) is 46.3 Å². The molecule has 1 aromatic heterocycles. The molecule has 5 nitrogen and oxygen atoms in total. The summed E-state index contributed by atoms with van der Waals surface area (Å²) in [6.45, 7) is 8.46. The van der Waals surface area contributed by atoms with Crippen molar-refractivity contribution in [3.8, 4) is 10.4 Å². The Balaban J connectivity index is 1.20. The van der Waals surface area contributed by atoms with E-state index in [1.165, 1.54) is 67.9 Å². The second-order valence-corrected chi connectivity index (χ2v) is 11.4. The van der Waals surface area contributed by atoms with Gasteiger partial charge in [-0.3, -0.25) is 4.79 Å². The summed E-state index contributed by atoms with van der Waals surface area (Å²) in [6, 6.07) is 12.2. The van der Waals surface area contributed by atoms with Gasteiger partial charge in [0.1, 0.15) is 0 Å². The number of rotatable bonds is 4. The Bertz CT molecular complexity index is 955. The molecule has 2 aromatic rings. The molecule has 0 unspecified atom stereocenters. The fourth-order valence-corrected chi connectivity index (χ4v) is 6.98. The maximum Gasteiger partial charge on any atom is 0.264 e. The van der Waals surface area contributed by atoms with Gasteiger partial charge in [0.15, 0.2) is 0 Å². The molecule has 0 aliphatic carbocycles. The Morgan fingerprint density at radius 1 is 0.970 bits per heavy atom. The Morgan fingerprint density at radius 2 is 1.67 bits per heavy atom. The number of benzene rings is 1. The van der Waals surface area contributed by atoms with Crippen LogP contribution in [0, 0.1) is 6.92 Å². The lowest BCUT2D eigenvalue weighted by molar-refractivity contribution is 0.0795. The van der Waals surface area contributed by atoms with Crippen molar-refractivity contribution in [2.24, 2.45) is 5.73 Å². The lowest BCUT2D eigenvalue weighted by Crippen LogP contribution is -2.46. The van der Waals surface area contributed by atoms with Crippen LogP contribution in [0.3, 0.4) is 0 Å². The molecule has 1 aromatic carbocycles. The largest absolute Gasteiger partial charge is 0.336 e. The summed E-state index contributed by atoms with van der Waals surface area (Å²) in [5.74, 6) is 0.813. The van der Waals surface area contributed by atoms with Crippen molar-refractivity contribution < 1.29 is 4.79 Å². The fourth-order valence-electron chi connectivity index (χ4n) is 5.83. The first-order chi connectivity index (χ1) is 16.0. The first-order valence-corrected chi connectivity index (χ1v) is 13.5. The van der Waals surface area contributed by atoms with Gasteiger partial charge in [-0.15, -0.1) is 11.3 Å². The lowest BCUT2D eigenvalue weighted by Gasteiger charge is -2.41. The first kappa shape index (κ1) is 23.0. The molecule has 3 fully saturated rings. The first-order valence-electron chi connectivity index (χ1n) is 12.7. The molecule has 0 bridgehead atoms. The zero-order chi connectivity index (χ0) is 22.9. The van der Waals surface area contributed by atoms with Crippen LogP contribution in [0.5, 0.6) is 0 Å². The number of thiophene rings is 1. The van der Waals surface area contributed by atoms with Crippen LogP contribution < -0.4 is 5.73 Å². The number of nitrogens with zero attached hydrogens (tertiary/aromatic N) is 3. The number of carbonyl (C=O) groups is 1. The quantitative estimate of drug-likeness (QED) is 0.735. The Kier molecular flexibility index (Phi) is 6.89. The highest BCUT2D eigenvalue weighted by molar-refractivity contribution is 7.17. The summed E-state index contributed by atoms with van der Waals surface area (Å²) in [5, 5.41) is 0. The van der Waals surface area contributed by atoms with Gasteiger partial charge in [-0.2, -0.15) is 0 Å². The summed E-state index contributed by atoms with van der Waals surface area (Å²) in [5.41, 5.74) is 9.77. The van der Waals surface area contributed by atoms with Crippen LogP contribution in [0.15, 0.2) is 30.3 Å². The number of hydrogen-bond donors (Lipinski definition) is 1. The lowest BCUT2D eigenvalue weighted by atomic mass is 9.87. The summed E-state index contributed by atoms with van der Waals surface area (Å²) in [4.78, 5) is 22.1. The third kappa shape index (κ3) is 5.04. The predicted molar refractivity (Wildman–Crippen MR) is 137 cm³/mol. The molecular weight excluding hydrogens is 428 g/mol. The standard InChI is InChI=1S/C27H38N4OS/c1-19-17-25(33-26(19)27(32)31-16-9-23(28)18-31)22-5-3-20(4-6-22)21-7-14-30(15-8-21)24-10-12-29(2)13-11-24/h3-6,17,21,23-24H,7-16,18,28H2,1-2H3/t23-/m0/s1. The van der Waals surface area contributed by atoms with Crippen LogP contribution in [0.2, 0.25) is 0 Å². The van der Waals surface area contributed by atoms with E-state index < -0.39 is 0 Å². The van der Waals surface area contributed by atoms with E-state index in [0.717, 1.165) is 29.4 Å². The van der Waals surface area contributed by atoms with Gasteiger partial charge in [0.2, 0.25) is 0 Å². The zero-order valence-corrected chi connectivity index (χ0v) is 20.9. The van der Waals surface area contributed by atoms with E-state index in [2.05, 4.69) is 54.1 Å². The number of piperidine rings is 2. The highest BCUT2D eigenvalue weighted by atomic mass is 32.1. The van der Waals surface area contributed by atoms with Crippen LogP contribution in [0.25, 0.3) is 10.4 Å². The molecule has 178 valence electrons. The molecule has 1 amide bonds. The van der Waals surface area contributed by atoms with Crippen LogP contribution in [-0.4, -0.2) is 79.0 Å². The second-order valence-electron chi connectivity index (χ2n) is 10.4.